The molecule has 7 heteroatoms. The van der Waals surface area contributed by atoms with Gasteiger partial charge in [-0.25, -0.2) is 0 Å². The highest BCUT2D eigenvalue weighted by Crippen LogP contribution is -0.287. The first kappa shape index (κ1) is 2080. The van der Waals surface area contributed by atoms with E-state index >= 15 is 0 Å². The summed E-state index contributed by atoms with van der Waals surface area (Å²) in [5.41, 5.74) is 0. The van der Waals surface area contributed by atoms with E-state index in [1.54, 1.807) is 0 Å². The Morgan fingerprint density at radius 2 is 0.429 bits per heavy atom. The minimum atomic E-state index is 0. The maximum absolute atomic E-state index is 0. The van der Waals surface area contributed by atoms with Crippen LogP contribution in [0.25, 0.3) is 0 Å². The highest BCUT2D eigenvalue weighted by molar-refractivity contribution is 2.14. The summed E-state index contributed by atoms with van der Waals surface area (Å²) in [6.07, 6.45) is 0. The normalized spacial score (nSPS) is 0. The lowest BCUT2D eigenvalue weighted by molar-refractivity contribution is -0.001000. The van der Waals surface area contributed by atoms with Gasteiger partial charge in [-0.2, -0.15) is 0 Å². The maximum Gasteiger partial charge on any atom is -0.369 e. The van der Waals surface area contributed by atoms with Crippen LogP contribution in [0, 0.1) is 0 Å². The molecule has 0 fully saturated rings. The van der Waals surface area contributed by atoms with Crippen LogP contribution in [0.15, 0.2) is 0 Å². The molecule has 0 radical (unpaired) electrons. The van der Waals surface area contributed by atoms with E-state index in [1.807, 2.05) is 0 Å². The molecule has 0 atom stereocenters. The summed E-state index contributed by atoms with van der Waals surface area (Å²) >= 11 is 0. The Morgan fingerprint density at radius 3 is 0.429 bits per heavy atom. The fourth-order valence-electron chi connectivity index (χ4n) is 0. The predicted molar refractivity (Wildman–Crippen MR) is 22.8 cm³/mol. The highest BCUT2D eigenvalue weighted by Gasteiger charge is -0.368. The van der Waals surface area contributed by atoms with Crippen molar-refractivity contribution in [2.75, 3.05) is 0 Å². The number of hydrogen-bond acceptors (Lipinski definition) is 0. The molecule has 0 aromatic rings. The first-order valence-corrected chi connectivity index (χ1v) is 0. The molecular weight excluding hydrogens is 147 g/mol. The van der Waals surface area contributed by atoms with Crippen molar-refractivity contribution in [2.45, 2.75) is 0 Å². The second-order valence-electron chi connectivity index (χ2n) is 0. The number of quaternary nitrogens is 2. The molecule has 5 nitrogen and oxygen atoms in total. The molecule has 0 aliphatic heterocycles. The van der Waals surface area contributed by atoms with Gasteiger partial charge in [0.15, 0.2) is 0 Å². The molecular formula is H14Cl2N2O3. The van der Waals surface area contributed by atoms with Crippen molar-refractivity contribution in [1.82, 2.24) is 12.3 Å². The molecule has 7 heavy (non-hydrogen) atoms. The van der Waals surface area contributed by atoms with Crippen molar-refractivity contribution in [2.24, 2.45) is 0 Å². The van der Waals surface area contributed by atoms with Crippen molar-refractivity contribution in [3.05, 3.63) is 0 Å². The van der Waals surface area contributed by atoms with Crippen molar-refractivity contribution >= 4 is 0 Å². The molecule has 0 rings (SSSR count). The van der Waals surface area contributed by atoms with Crippen molar-refractivity contribution in [3.63, 3.8) is 0 Å². The molecule has 14 N–H and O–H groups in total. The minimum Gasteiger partial charge on any atom is -1.00 e. The second-order valence-corrected chi connectivity index (χ2v) is 0. The smallest absolute Gasteiger partial charge is 0.369 e. The maximum atomic E-state index is 0. The Bertz CT molecular complexity index is 10.9. The van der Waals surface area contributed by atoms with Gasteiger partial charge in [-0.15, -0.1) is 0 Å². The Balaban J connectivity index is 0. The molecule has 0 saturated heterocycles. The molecule has 0 spiro atoms. The van der Waals surface area contributed by atoms with Crippen molar-refractivity contribution in [3.8, 4) is 0 Å². The van der Waals surface area contributed by atoms with E-state index in [0.29, 0.717) is 0 Å². The third-order valence-electron chi connectivity index (χ3n) is 0. The fourth-order valence-corrected chi connectivity index (χ4v) is 0. The van der Waals surface area contributed by atoms with Crippen LogP contribution in [0.5, 0.6) is 0 Å². The van der Waals surface area contributed by atoms with Crippen LogP contribution in [0.1, 0.15) is 0 Å². The third-order valence-corrected chi connectivity index (χ3v) is 0. The van der Waals surface area contributed by atoms with E-state index in [4.69, 9.17) is 0 Å². The van der Waals surface area contributed by atoms with Gasteiger partial charge in [0.05, 0.1) is 0 Å². The summed E-state index contributed by atoms with van der Waals surface area (Å²) in [5, 5.41) is 0. The molecule has 0 aliphatic carbocycles. The largest absolute Gasteiger partial charge is 1.00 e. The van der Waals surface area contributed by atoms with Crippen LogP contribution in [0.3, 0.4) is 0 Å². The van der Waals surface area contributed by atoms with Gasteiger partial charge in [0.1, 0.15) is 0 Å². The third kappa shape index (κ3) is 848. The molecule has 56 valence electrons. The van der Waals surface area contributed by atoms with Gasteiger partial charge in [0.25, 0.3) is 0 Å². The van der Waals surface area contributed by atoms with Gasteiger partial charge in [0.2, 0.25) is 0 Å². The molecule has 0 heterocycles. The minimum absolute atomic E-state index is 0. The lowest BCUT2D eigenvalue weighted by Crippen LogP contribution is -3.00. The molecule has 0 bridgehead atoms. The Morgan fingerprint density at radius 1 is 0.429 bits per heavy atom. The van der Waals surface area contributed by atoms with Crippen molar-refractivity contribution < 1.29 is 41.2 Å². The summed E-state index contributed by atoms with van der Waals surface area (Å²) in [4.78, 5) is 0. The highest BCUT2D eigenvalue weighted by atomic mass is 35.5. The quantitative estimate of drug-likeness (QED) is 0.344. The number of hydrogen-bond donors (Lipinski definition) is 2. The lowest BCUT2D eigenvalue weighted by atomic mass is 14.0. The first-order valence-electron chi connectivity index (χ1n) is 0. The zero-order valence-corrected chi connectivity index (χ0v) is 5.77. The SMILES string of the molecule is O.O.O.[Cl-].[Cl-].[NH4+].[NH4+]. The topological polar surface area (TPSA) is 168 Å². The Hall–Kier alpha value is 0.380. The van der Waals surface area contributed by atoms with E-state index in [0.717, 1.165) is 0 Å². The average Bonchev–Trinajstić information content (AvgIpc) is 0. The fraction of sp³-hybridized carbons (Fsp3) is 0. The van der Waals surface area contributed by atoms with Crippen LogP contribution < -0.4 is 37.1 Å². The zero-order chi connectivity index (χ0) is 0. The molecule has 0 amide bonds. The molecule has 0 aromatic heterocycles. The summed E-state index contributed by atoms with van der Waals surface area (Å²) in [5.74, 6) is 0. The van der Waals surface area contributed by atoms with Gasteiger partial charge >= 0.3 is 0 Å². The van der Waals surface area contributed by atoms with Gasteiger partial charge in [-0.3, -0.25) is 0 Å². The Labute approximate surface area is 54.4 Å². The number of rotatable bonds is 0. The van der Waals surface area contributed by atoms with Crippen LogP contribution >= 0.6 is 0 Å². The molecule has 0 aromatic carbocycles. The van der Waals surface area contributed by atoms with E-state index in [-0.39, 0.29) is 53.5 Å². The average molecular weight is 161 g/mol. The molecule has 0 saturated carbocycles. The molecule has 0 unspecified atom stereocenters. The summed E-state index contributed by atoms with van der Waals surface area (Å²) in [6.45, 7) is 0. The van der Waals surface area contributed by atoms with E-state index in [9.17, 15) is 0 Å². The summed E-state index contributed by atoms with van der Waals surface area (Å²) in [7, 11) is 0. The van der Waals surface area contributed by atoms with Crippen LogP contribution in [-0.2, 0) is 0 Å². The standard InChI is InChI=1S/2ClH.2H3N.3H2O/h2*1H;2*1H3;3*1H2. The van der Waals surface area contributed by atoms with Crippen LogP contribution in [0.4, 0.5) is 0 Å². The summed E-state index contributed by atoms with van der Waals surface area (Å²) < 4.78 is 0. The second kappa shape index (κ2) is 1280. The first-order chi connectivity index (χ1) is 0. The van der Waals surface area contributed by atoms with Crippen LogP contribution in [0.2, 0.25) is 0 Å². The number of halogens is 2. The van der Waals surface area contributed by atoms with E-state index < -0.39 is 0 Å². The van der Waals surface area contributed by atoms with E-state index in [2.05, 4.69) is 0 Å². The van der Waals surface area contributed by atoms with Crippen molar-refractivity contribution in [1.29, 1.82) is 0 Å². The van der Waals surface area contributed by atoms with Gasteiger partial charge in [-0.1, -0.05) is 0 Å². The van der Waals surface area contributed by atoms with Gasteiger partial charge in [0, 0.05) is 0 Å². The van der Waals surface area contributed by atoms with Crippen LogP contribution in [-0.4, -0.2) is 16.4 Å². The molecule has 0 aliphatic rings. The van der Waals surface area contributed by atoms with Gasteiger partial charge < -0.3 is 53.5 Å². The monoisotopic (exact) mass is 160 g/mol. The predicted octanol–water partition coefficient (Wildman–Crippen LogP) is -7.71. The van der Waals surface area contributed by atoms with E-state index in [1.165, 1.54) is 0 Å². The van der Waals surface area contributed by atoms with Gasteiger partial charge in [-0.05, 0) is 0 Å². The summed E-state index contributed by atoms with van der Waals surface area (Å²) in [6, 6.07) is 0. The lowest BCUT2D eigenvalue weighted by Gasteiger charge is -1.00. The zero-order valence-electron chi connectivity index (χ0n) is 4.26. The Kier molecular flexibility index (Phi) is 380000.